The van der Waals surface area contributed by atoms with E-state index in [0.29, 0.717) is 0 Å². The molecule has 0 heterocycles. The maximum atomic E-state index is 11.5. The van der Waals surface area contributed by atoms with Crippen molar-refractivity contribution >= 4 is 5.97 Å². The van der Waals surface area contributed by atoms with Gasteiger partial charge < -0.3 is 10.1 Å². The van der Waals surface area contributed by atoms with E-state index >= 15 is 0 Å². The van der Waals surface area contributed by atoms with Crippen molar-refractivity contribution in [1.82, 2.24) is 5.32 Å². The quantitative estimate of drug-likeness (QED) is 0.534. The lowest BCUT2D eigenvalue weighted by molar-refractivity contribution is -0.144. The third kappa shape index (κ3) is 6.61. The van der Waals surface area contributed by atoms with Gasteiger partial charge in [0, 0.05) is 0 Å². The van der Waals surface area contributed by atoms with Gasteiger partial charge in [0.2, 0.25) is 0 Å². The minimum absolute atomic E-state index is 0.206. The Balaban J connectivity index is 3.89. The second-order valence-electron chi connectivity index (χ2n) is 5.65. The minimum Gasteiger partial charge on any atom is -0.468 e. The van der Waals surface area contributed by atoms with Crippen molar-refractivity contribution < 1.29 is 9.53 Å². The van der Waals surface area contributed by atoms with Gasteiger partial charge in [-0.1, -0.05) is 20.3 Å². The lowest BCUT2D eigenvalue weighted by Gasteiger charge is -2.20. The number of esters is 1. The molecule has 0 aromatic rings. The molecule has 0 fully saturated rings. The number of carbonyl (C=O) groups excluding carboxylic acids is 1. The smallest absolute Gasteiger partial charge is 0.323 e. The molecule has 0 aliphatic heterocycles. The summed E-state index contributed by atoms with van der Waals surface area (Å²) >= 11 is 0. The van der Waals surface area contributed by atoms with E-state index in [4.69, 9.17) is 10.00 Å². The van der Waals surface area contributed by atoms with E-state index < -0.39 is 0 Å². The fourth-order valence-electron chi connectivity index (χ4n) is 1.72. The fraction of sp³-hybridized carbons (Fsp3) is 0.857. The van der Waals surface area contributed by atoms with E-state index in [9.17, 15) is 4.79 Å². The number of nitrogens with one attached hydrogen (secondary N) is 1. The zero-order valence-electron chi connectivity index (χ0n) is 12.2. The van der Waals surface area contributed by atoms with Gasteiger partial charge in [0.1, 0.15) is 6.04 Å². The van der Waals surface area contributed by atoms with Crippen LogP contribution in [0.4, 0.5) is 0 Å². The van der Waals surface area contributed by atoms with E-state index in [-0.39, 0.29) is 23.3 Å². The van der Waals surface area contributed by atoms with E-state index in [1.807, 2.05) is 27.7 Å². The molecule has 4 heteroatoms. The van der Waals surface area contributed by atoms with Gasteiger partial charge in [-0.3, -0.25) is 4.79 Å². The van der Waals surface area contributed by atoms with Crippen LogP contribution in [-0.2, 0) is 9.53 Å². The first-order valence-corrected chi connectivity index (χ1v) is 6.56. The molecule has 4 nitrogen and oxygen atoms in total. The molecule has 1 unspecified atom stereocenters. The molecule has 0 aliphatic carbocycles. The van der Waals surface area contributed by atoms with Crippen LogP contribution in [0.25, 0.3) is 0 Å². The molecule has 0 aromatic carbocycles. The van der Waals surface area contributed by atoms with E-state index in [1.165, 1.54) is 7.11 Å². The lowest BCUT2D eigenvalue weighted by atomic mass is 9.89. The number of carbonyl (C=O) groups is 1. The van der Waals surface area contributed by atoms with Crippen molar-refractivity contribution in [3.63, 3.8) is 0 Å². The Labute approximate surface area is 111 Å². The van der Waals surface area contributed by atoms with E-state index in [2.05, 4.69) is 11.4 Å². The predicted octanol–water partition coefficient (Wildman–Crippen LogP) is 2.49. The summed E-state index contributed by atoms with van der Waals surface area (Å²) in [5.74, 6) is 0.00959. The number of rotatable bonds is 8. The molecule has 18 heavy (non-hydrogen) atoms. The Hall–Kier alpha value is -1.08. The molecule has 0 aromatic heterocycles. The van der Waals surface area contributed by atoms with Gasteiger partial charge in [-0.2, -0.15) is 5.26 Å². The average Bonchev–Trinajstić information content (AvgIpc) is 2.32. The Bertz CT molecular complexity index is 293. The Kier molecular flexibility index (Phi) is 7.61. The van der Waals surface area contributed by atoms with Crippen molar-refractivity contribution in [2.45, 2.75) is 53.0 Å². The molecule has 0 saturated heterocycles. The number of unbranched alkanes of at least 4 members (excludes halogenated alkanes) is 1. The molecule has 0 radical (unpaired) electrons. The third-order valence-corrected chi connectivity index (χ3v) is 3.02. The van der Waals surface area contributed by atoms with Gasteiger partial charge in [-0.25, -0.2) is 0 Å². The molecule has 0 aliphatic rings. The summed E-state index contributed by atoms with van der Waals surface area (Å²) in [6.07, 6.45) is 2.83. The number of nitriles is 1. The molecular weight excluding hydrogens is 228 g/mol. The van der Waals surface area contributed by atoms with Crippen molar-refractivity contribution in [2.75, 3.05) is 13.7 Å². The van der Waals surface area contributed by atoms with E-state index in [1.54, 1.807) is 0 Å². The molecule has 1 atom stereocenters. The summed E-state index contributed by atoms with van der Waals surface area (Å²) in [6.45, 7) is 8.66. The summed E-state index contributed by atoms with van der Waals surface area (Å²) in [5.41, 5.74) is -0.250. The lowest BCUT2D eigenvalue weighted by Crippen LogP contribution is -2.42. The topological polar surface area (TPSA) is 62.1 Å². The molecule has 0 rings (SSSR count). The molecule has 0 amide bonds. The minimum atomic E-state index is -0.250. The number of ether oxygens (including phenoxy) is 1. The SMILES string of the molecule is COC(=O)C(NCCCCC(C)(C)C#N)C(C)C. The summed E-state index contributed by atoms with van der Waals surface area (Å²) in [5, 5.41) is 12.1. The number of hydrogen-bond acceptors (Lipinski definition) is 4. The highest BCUT2D eigenvalue weighted by Crippen LogP contribution is 2.21. The molecule has 1 N–H and O–H groups in total. The second kappa shape index (κ2) is 8.10. The van der Waals surface area contributed by atoms with Crippen LogP contribution in [0.5, 0.6) is 0 Å². The largest absolute Gasteiger partial charge is 0.468 e. The molecule has 104 valence electrons. The Morgan fingerprint density at radius 1 is 1.39 bits per heavy atom. The number of hydrogen-bond donors (Lipinski definition) is 1. The van der Waals surface area contributed by atoms with Crippen LogP contribution in [-0.4, -0.2) is 25.7 Å². The summed E-state index contributed by atoms with van der Waals surface area (Å²) in [4.78, 5) is 11.5. The molecule has 0 spiro atoms. The van der Waals surface area contributed by atoms with Crippen LogP contribution in [0.1, 0.15) is 47.0 Å². The molecular formula is C14H26N2O2. The van der Waals surface area contributed by atoms with Crippen LogP contribution < -0.4 is 5.32 Å². The molecule has 0 bridgehead atoms. The van der Waals surface area contributed by atoms with Gasteiger partial charge >= 0.3 is 5.97 Å². The van der Waals surface area contributed by atoms with Crippen LogP contribution in [0, 0.1) is 22.7 Å². The number of nitrogens with zero attached hydrogens (tertiary/aromatic N) is 1. The van der Waals surface area contributed by atoms with Crippen LogP contribution in [0.15, 0.2) is 0 Å². The van der Waals surface area contributed by atoms with Crippen molar-refractivity contribution in [3.8, 4) is 6.07 Å². The molecule has 0 saturated carbocycles. The maximum Gasteiger partial charge on any atom is 0.323 e. The first-order valence-electron chi connectivity index (χ1n) is 6.56. The normalized spacial score (nSPS) is 13.2. The zero-order chi connectivity index (χ0) is 14.2. The Morgan fingerprint density at radius 2 is 2.00 bits per heavy atom. The van der Waals surface area contributed by atoms with Crippen LogP contribution in [0.2, 0.25) is 0 Å². The van der Waals surface area contributed by atoms with Gasteiger partial charge in [-0.15, -0.1) is 0 Å². The zero-order valence-corrected chi connectivity index (χ0v) is 12.2. The van der Waals surface area contributed by atoms with Crippen LogP contribution in [0.3, 0.4) is 0 Å². The van der Waals surface area contributed by atoms with Gasteiger partial charge in [0.25, 0.3) is 0 Å². The van der Waals surface area contributed by atoms with Gasteiger partial charge in [0.05, 0.1) is 18.6 Å². The highest BCUT2D eigenvalue weighted by Gasteiger charge is 2.22. The van der Waals surface area contributed by atoms with Crippen molar-refractivity contribution in [2.24, 2.45) is 11.3 Å². The van der Waals surface area contributed by atoms with Gasteiger partial charge in [-0.05, 0) is 39.2 Å². The summed E-state index contributed by atoms with van der Waals surface area (Å²) in [6, 6.07) is 2.05. The van der Waals surface area contributed by atoms with Crippen molar-refractivity contribution in [1.29, 1.82) is 5.26 Å². The standard InChI is InChI=1S/C14H26N2O2/c1-11(2)12(13(17)18-5)16-9-7-6-8-14(3,4)10-15/h11-12,16H,6-9H2,1-5H3. The fourth-order valence-corrected chi connectivity index (χ4v) is 1.72. The predicted molar refractivity (Wildman–Crippen MR) is 71.9 cm³/mol. The van der Waals surface area contributed by atoms with Gasteiger partial charge in [0.15, 0.2) is 0 Å². The summed E-state index contributed by atoms with van der Waals surface area (Å²) < 4.78 is 4.76. The Morgan fingerprint density at radius 3 is 2.44 bits per heavy atom. The average molecular weight is 254 g/mol. The highest BCUT2D eigenvalue weighted by molar-refractivity contribution is 5.75. The second-order valence-corrected chi connectivity index (χ2v) is 5.65. The maximum absolute atomic E-state index is 11.5. The van der Waals surface area contributed by atoms with E-state index in [0.717, 1.165) is 25.8 Å². The highest BCUT2D eigenvalue weighted by atomic mass is 16.5. The number of methoxy groups -OCH3 is 1. The van der Waals surface area contributed by atoms with Crippen LogP contribution >= 0.6 is 0 Å². The van der Waals surface area contributed by atoms with Crippen molar-refractivity contribution in [3.05, 3.63) is 0 Å². The third-order valence-electron chi connectivity index (χ3n) is 3.02. The monoisotopic (exact) mass is 254 g/mol. The summed E-state index contributed by atoms with van der Waals surface area (Å²) in [7, 11) is 1.41. The first kappa shape index (κ1) is 16.9. The first-order chi connectivity index (χ1) is 8.34.